The van der Waals surface area contributed by atoms with Crippen LogP contribution in [-0.4, -0.2) is 22.1 Å². The molecule has 0 spiro atoms. The van der Waals surface area contributed by atoms with E-state index in [0.29, 0.717) is 0 Å². The van der Waals surface area contributed by atoms with Crippen LogP contribution in [0.1, 0.15) is 39.5 Å². The molecule has 0 amide bonds. The van der Waals surface area contributed by atoms with Crippen LogP contribution in [0.15, 0.2) is 0 Å². The van der Waals surface area contributed by atoms with Gasteiger partial charge in [-0.05, 0) is 24.5 Å². The molecule has 1 saturated carbocycles. The first-order valence-electron chi connectivity index (χ1n) is 5.45. The number of hydrogen-bond acceptors (Lipinski definition) is 2. The van der Waals surface area contributed by atoms with Crippen molar-refractivity contribution < 1.29 is 9.90 Å². The minimum absolute atomic E-state index is 0.221. The first-order chi connectivity index (χ1) is 6.61. The molecule has 0 bridgehead atoms. The molecule has 0 radical (unpaired) electrons. The summed E-state index contributed by atoms with van der Waals surface area (Å²) in [5, 5.41) is 9.07. The van der Waals surface area contributed by atoms with Gasteiger partial charge in [0.1, 0.15) is 0 Å². The highest BCUT2D eigenvalue weighted by Gasteiger charge is 2.22. The number of carboxylic acids is 1. The zero-order valence-corrected chi connectivity index (χ0v) is 9.85. The van der Waals surface area contributed by atoms with Gasteiger partial charge in [0.25, 0.3) is 0 Å². The first-order valence-corrected chi connectivity index (χ1v) is 6.50. The van der Waals surface area contributed by atoms with E-state index in [-0.39, 0.29) is 11.2 Å². The fourth-order valence-corrected chi connectivity index (χ4v) is 3.12. The number of aliphatic carboxylic acids is 1. The molecule has 1 fully saturated rings. The van der Waals surface area contributed by atoms with E-state index in [1.807, 2.05) is 18.7 Å². The summed E-state index contributed by atoms with van der Waals surface area (Å²) in [6.07, 6.45) is 5.44. The van der Waals surface area contributed by atoms with E-state index in [9.17, 15) is 4.79 Å². The Morgan fingerprint density at radius 1 is 1.43 bits per heavy atom. The summed E-state index contributed by atoms with van der Waals surface area (Å²) < 4.78 is 0. The quantitative estimate of drug-likeness (QED) is 0.767. The average Bonchev–Trinajstić information content (AvgIpc) is 2.65. The van der Waals surface area contributed by atoms with Gasteiger partial charge in [0.05, 0.1) is 5.92 Å². The smallest absolute Gasteiger partial charge is 0.307 e. The normalized spacial score (nSPS) is 22.1. The van der Waals surface area contributed by atoms with E-state index < -0.39 is 5.97 Å². The van der Waals surface area contributed by atoms with E-state index in [1.54, 1.807) is 6.92 Å². The molecule has 0 aromatic carbocycles. The Labute approximate surface area is 90.5 Å². The van der Waals surface area contributed by atoms with Gasteiger partial charge in [-0.1, -0.05) is 26.7 Å². The van der Waals surface area contributed by atoms with E-state index in [4.69, 9.17) is 5.11 Å². The summed E-state index contributed by atoms with van der Waals surface area (Å²) in [6, 6.07) is 0. The Bertz CT molecular complexity index is 188. The number of rotatable bonds is 5. The molecule has 0 heterocycles. The van der Waals surface area contributed by atoms with Gasteiger partial charge in [0, 0.05) is 5.25 Å². The SMILES string of the molecule is CC(SCC1CCCC1)C(C)C(=O)O. The van der Waals surface area contributed by atoms with Gasteiger partial charge in [-0.2, -0.15) is 11.8 Å². The molecule has 1 aliphatic rings. The highest BCUT2D eigenvalue weighted by Crippen LogP contribution is 2.30. The molecule has 1 aliphatic carbocycles. The minimum Gasteiger partial charge on any atom is -0.481 e. The van der Waals surface area contributed by atoms with E-state index in [0.717, 1.165) is 11.7 Å². The van der Waals surface area contributed by atoms with Crippen LogP contribution < -0.4 is 0 Å². The van der Waals surface area contributed by atoms with Crippen molar-refractivity contribution in [3.63, 3.8) is 0 Å². The predicted octanol–water partition coefficient (Wildman–Crippen LogP) is 3.02. The molecule has 14 heavy (non-hydrogen) atoms. The van der Waals surface area contributed by atoms with Gasteiger partial charge in [-0.15, -0.1) is 0 Å². The third-order valence-corrected chi connectivity index (χ3v) is 4.76. The fraction of sp³-hybridized carbons (Fsp3) is 0.909. The van der Waals surface area contributed by atoms with Crippen molar-refractivity contribution in [2.24, 2.45) is 11.8 Å². The van der Waals surface area contributed by atoms with Crippen LogP contribution in [0.2, 0.25) is 0 Å². The topological polar surface area (TPSA) is 37.3 Å². The molecule has 0 saturated heterocycles. The Balaban J connectivity index is 2.19. The van der Waals surface area contributed by atoms with Gasteiger partial charge < -0.3 is 5.11 Å². The highest BCUT2D eigenvalue weighted by atomic mass is 32.2. The summed E-state index contributed by atoms with van der Waals surface area (Å²) in [5.74, 6) is 1.11. The molecule has 0 aromatic heterocycles. The van der Waals surface area contributed by atoms with Gasteiger partial charge >= 0.3 is 5.97 Å². The lowest BCUT2D eigenvalue weighted by Gasteiger charge is -2.17. The van der Waals surface area contributed by atoms with Crippen molar-refractivity contribution in [3.8, 4) is 0 Å². The fourth-order valence-electron chi connectivity index (χ4n) is 1.81. The lowest BCUT2D eigenvalue weighted by Crippen LogP contribution is -2.21. The molecule has 0 aromatic rings. The average molecular weight is 216 g/mol. The van der Waals surface area contributed by atoms with Crippen molar-refractivity contribution in [1.29, 1.82) is 0 Å². The lowest BCUT2D eigenvalue weighted by atomic mass is 10.1. The van der Waals surface area contributed by atoms with Crippen molar-refractivity contribution in [2.45, 2.75) is 44.8 Å². The molecule has 1 rings (SSSR count). The van der Waals surface area contributed by atoms with Crippen molar-refractivity contribution in [1.82, 2.24) is 0 Å². The maximum atomic E-state index is 10.7. The molecule has 82 valence electrons. The van der Waals surface area contributed by atoms with Crippen LogP contribution in [0.3, 0.4) is 0 Å². The van der Waals surface area contributed by atoms with Gasteiger partial charge in [-0.25, -0.2) is 0 Å². The Kier molecular flexibility index (Phi) is 4.79. The first kappa shape index (κ1) is 11.9. The molecule has 0 aliphatic heterocycles. The predicted molar refractivity (Wildman–Crippen MR) is 60.7 cm³/mol. The van der Waals surface area contributed by atoms with Crippen LogP contribution in [-0.2, 0) is 4.79 Å². The van der Waals surface area contributed by atoms with E-state index in [2.05, 4.69) is 0 Å². The number of carbonyl (C=O) groups is 1. The standard InChI is InChI=1S/C11H20O2S/c1-8(11(12)13)9(2)14-7-10-5-3-4-6-10/h8-10H,3-7H2,1-2H3,(H,12,13). The number of hydrogen-bond donors (Lipinski definition) is 1. The zero-order chi connectivity index (χ0) is 10.6. The second-order valence-corrected chi connectivity index (χ2v) is 5.73. The second-order valence-electron chi connectivity index (χ2n) is 4.32. The van der Waals surface area contributed by atoms with Crippen LogP contribution in [0, 0.1) is 11.8 Å². The maximum absolute atomic E-state index is 10.7. The van der Waals surface area contributed by atoms with Crippen molar-refractivity contribution in [3.05, 3.63) is 0 Å². The molecule has 2 atom stereocenters. The number of carboxylic acid groups (broad SMARTS) is 1. The minimum atomic E-state index is -0.670. The molecule has 1 N–H and O–H groups in total. The maximum Gasteiger partial charge on any atom is 0.307 e. The summed E-state index contributed by atoms with van der Waals surface area (Å²) in [6.45, 7) is 3.83. The molecule has 3 heteroatoms. The van der Waals surface area contributed by atoms with Gasteiger partial charge in [0.2, 0.25) is 0 Å². The van der Waals surface area contributed by atoms with Gasteiger partial charge in [0.15, 0.2) is 0 Å². The largest absolute Gasteiger partial charge is 0.481 e. The Morgan fingerprint density at radius 2 is 2.00 bits per heavy atom. The third kappa shape index (κ3) is 3.52. The molecular weight excluding hydrogens is 196 g/mol. The Morgan fingerprint density at radius 3 is 2.50 bits per heavy atom. The van der Waals surface area contributed by atoms with E-state index >= 15 is 0 Å². The highest BCUT2D eigenvalue weighted by molar-refractivity contribution is 7.99. The monoisotopic (exact) mass is 216 g/mol. The van der Waals surface area contributed by atoms with Crippen LogP contribution in [0.4, 0.5) is 0 Å². The van der Waals surface area contributed by atoms with Crippen LogP contribution in [0.25, 0.3) is 0 Å². The Hall–Kier alpha value is -0.180. The third-order valence-electron chi connectivity index (χ3n) is 3.16. The lowest BCUT2D eigenvalue weighted by molar-refractivity contribution is -0.140. The number of thioether (sulfide) groups is 1. The van der Waals surface area contributed by atoms with Crippen molar-refractivity contribution >= 4 is 17.7 Å². The summed E-state index contributed by atoms with van der Waals surface area (Å²) in [5.41, 5.74) is 0. The molecular formula is C11H20O2S. The summed E-state index contributed by atoms with van der Waals surface area (Å²) in [7, 11) is 0. The molecule has 2 unspecified atom stereocenters. The molecule has 2 nitrogen and oxygen atoms in total. The van der Waals surface area contributed by atoms with Crippen LogP contribution in [0.5, 0.6) is 0 Å². The second kappa shape index (κ2) is 5.64. The summed E-state index contributed by atoms with van der Waals surface area (Å²) in [4.78, 5) is 10.7. The van der Waals surface area contributed by atoms with Crippen LogP contribution >= 0.6 is 11.8 Å². The van der Waals surface area contributed by atoms with E-state index in [1.165, 1.54) is 25.7 Å². The van der Waals surface area contributed by atoms with Crippen molar-refractivity contribution in [2.75, 3.05) is 5.75 Å². The summed E-state index contributed by atoms with van der Waals surface area (Å²) >= 11 is 1.83. The zero-order valence-electron chi connectivity index (χ0n) is 9.03. The van der Waals surface area contributed by atoms with Gasteiger partial charge in [-0.3, -0.25) is 4.79 Å².